The van der Waals surface area contributed by atoms with Crippen LogP contribution in [0.15, 0.2) is 24.3 Å². The number of likely N-dealkylation sites (tertiary alicyclic amines) is 1. The zero-order chi connectivity index (χ0) is 20.1. The van der Waals surface area contributed by atoms with Gasteiger partial charge in [0.25, 0.3) is 0 Å². The number of anilines is 1. The van der Waals surface area contributed by atoms with Crippen LogP contribution in [-0.4, -0.2) is 65.7 Å². The highest BCUT2D eigenvalue weighted by Gasteiger charge is 2.74. The Labute approximate surface area is 167 Å². The maximum absolute atomic E-state index is 13.2. The highest BCUT2D eigenvalue weighted by molar-refractivity contribution is 6.33. The standard InChI is InChI=1S/C19H22ClN3O5/c1-21-16(25)13-12-6-7-19(28-12)14(13)18(27)23(8-9-24)15(19)17(26)22-11-5-3-2-4-10(11)20/h2-5,12-15,24H,6-9H2,1H3,(H,21,25)(H,22,26)/t12-,13+,14-,15?,19?/m0/s1. The van der Waals surface area contributed by atoms with E-state index < -0.39 is 29.4 Å². The summed E-state index contributed by atoms with van der Waals surface area (Å²) in [7, 11) is 1.52. The molecule has 3 aliphatic rings. The minimum atomic E-state index is -1.07. The van der Waals surface area contributed by atoms with E-state index in [0.717, 1.165) is 0 Å². The van der Waals surface area contributed by atoms with E-state index in [1.165, 1.54) is 11.9 Å². The van der Waals surface area contributed by atoms with Gasteiger partial charge in [-0.05, 0) is 25.0 Å². The van der Waals surface area contributed by atoms with Crippen LogP contribution in [0, 0.1) is 11.8 Å². The molecule has 9 heteroatoms. The number of aliphatic hydroxyl groups is 1. The smallest absolute Gasteiger partial charge is 0.250 e. The molecule has 150 valence electrons. The number of amides is 3. The van der Waals surface area contributed by atoms with Gasteiger partial charge in [0, 0.05) is 13.6 Å². The van der Waals surface area contributed by atoms with Crippen molar-refractivity contribution in [2.45, 2.75) is 30.6 Å². The molecule has 1 aromatic carbocycles. The van der Waals surface area contributed by atoms with Crippen LogP contribution < -0.4 is 10.6 Å². The van der Waals surface area contributed by atoms with E-state index in [2.05, 4.69) is 10.6 Å². The molecule has 1 aromatic rings. The summed E-state index contributed by atoms with van der Waals surface area (Å²) in [5, 5.41) is 15.2. The zero-order valence-corrected chi connectivity index (χ0v) is 16.1. The van der Waals surface area contributed by atoms with Gasteiger partial charge in [0.05, 0.1) is 35.3 Å². The summed E-state index contributed by atoms with van der Waals surface area (Å²) in [4.78, 5) is 40.2. The van der Waals surface area contributed by atoms with Gasteiger partial charge in [0.15, 0.2) is 0 Å². The Morgan fingerprint density at radius 2 is 2.11 bits per heavy atom. The van der Waals surface area contributed by atoms with Crippen LogP contribution in [0.2, 0.25) is 5.02 Å². The lowest BCUT2D eigenvalue weighted by atomic mass is 9.70. The summed E-state index contributed by atoms with van der Waals surface area (Å²) in [6.45, 7) is -0.301. The molecule has 3 N–H and O–H groups in total. The third-order valence-electron chi connectivity index (χ3n) is 6.07. The van der Waals surface area contributed by atoms with Gasteiger partial charge in [-0.1, -0.05) is 23.7 Å². The number of halogens is 1. The Balaban J connectivity index is 1.71. The average molecular weight is 408 g/mol. The monoisotopic (exact) mass is 407 g/mol. The van der Waals surface area contributed by atoms with E-state index in [1.54, 1.807) is 24.3 Å². The lowest BCUT2D eigenvalue weighted by Gasteiger charge is -2.33. The molecule has 3 saturated heterocycles. The zero-order valence-electron chi connectivity index (χ0n) is 15.4. The topological polar surface area (TPSA) is 108 Å². The van der Waals surface area contributed by atoms with Crippen LogP contribution in [-0.2, 0) is 19.1 Å². The molecule has 3 amide bonds. The number of para-hydroxylation sites is 1. The number of β-amino-alcohol motifs (C(OH)–C–C–N with tert-alkyl or cyclic N) is 1. The predicted octanol–water partition coefficient (Wildman–Crippen LogP) is 0.391. The molecule has 0 radical (unpaired) electrons. The fourth-order valence-electron chi connectivity index (χ4n) is 5.03. The fraction of sp³-hybridized carbons (Fsp3) is 0.526. The molecule has 3 aliphatic heterocycles. The van der Waals surface area contributed by atoms with Crippen LogP contribution in [0.25, 0.3) is 0 Å². The summed E-state index contributed by atoms with van der Waals surface area (Å²) in [6, 6.07) is 5.88. The number of carbonyl (C=O) groups excluding carboxylic acids is 3. The molecule has 3 fully saturated rings. The third-order valence-corrected chi connectivity index (χ3v) is 6.40. The van der Waals surface area contributed by atoms with Gasteiger partial charge in [-0.15, -0.1) is 0 Å². The number of hydrogen-bond acceptors (Lipinski definition) is 5. The van der Waals surface area contributed by atoms with Crippen molar-refractivity contribution in [1.82, 2.24) is 10.2 Å². The van der Waals surface area contributed by atoms with E-state index in [-0.39, 0.29) is 31.1 Å². The van der Waals surface area contributed by atoms with Gasteiger partial charge in [0.1, 0.15) is 11.6 Å². The van der Waals surface area contributed by atoms with Crippen molar-refractivity contribution in [3.05, 3.63) is 29.3 Å². The van der Waals surface area contributed by atoms with E-state index in [4.69, 9.17) is 16.3 Å². The first-order valence-corrected chi connectivity index (χ1v) is 9.68. The maximum atomic E-state index is 13.2. The molecule has 2 unspecified atom stereocenters. The van der Waals surface area contributed by atoms with E-state index in [1.807, 2.05) is 0 Å². The summed E-state index contributed by atoms with van der Waals surface area (Å²) < 4.78 is 6.17. The van der Waals surface area contributed by atoms with Gasteiger partial charge in [-0.2, -0.15) is 0 Å². The Hall–Kier alpha value is -2.16. The van der Waals surface area contributed by atoms with Crippen LogP contribution in [0.4, 0.5) is 5.69 Å². The molecular weight excluding hydrogens is 386 g/mol. The number of rotatable bonds is 5. The largest absolute Gasteiger partial charge is 0.395 e. The Bertz CT molecular complexity index is 834. The fourth-order valence-corrected chi connectivity index (χ4v) is 5.22. The number of fused-ring (bicyclic) bond motifs is 1. The summed E-state index contributed by atoms with van der Waals surface area (Å²) in [5.74, 6) is -2.40. The second kappa shape index (κ2) is 7.02. The first-order valence-electron chi connectivity index (χ1n) is 9.30. The number of hydrogen-bond donors (Lipinski definition) is 3. The van der Waals surface area contributed by atoms with Crippen molar-refractivity contribution in [3.8, 4) is 0 Å². The Morgan fingerprint density at radius 3 is 2.79 bits per heavy atom. The van der Waals surface area contributed by atoms with Gasteiger partial charge >= 0.3 is 0 Å². The van der Waals surface area contributed by atoms with Crippen molar-refractivity contribution >= 4 is 35.0 Å². The van der Waals surface area contributed by atoms with Gasteiger partial charge in [0.2, 0.25) is 17.7 Å². The minimum Gasteiger partial charge on any atom is -0.395 e. The van der Waals surface area contributed by atoms with Crippen molar-refractivity contribution in [1.29, 1.82) is 0 Å². The number of benzene rings is 1. The van der Waals surface area contributed by atoms with Crippen LogP contribution in [0.3, 0.4) is 0 Å². The molecule has 5 atom stereocenters. The van der Waals surface area contributed by atoms with E-state index >= 15 is 0 Å². The number of aliphatic hydroxyl groups excluding tert-OH is 1. The van der Waals surface area contributed by atoms with E-state index in [0.29, 0.717) is 23.6 Å². The number of ether oxygens (including phenoxy) is 1. The molecular formula is C19H22ClN3O5. The van der Waals surface area contributed by atoms with Gasteiger partial charge < -0.3 is 25.4 Å². The normalized spacial score (nSPS) is 33.1. The van der Waals surface area contributed by atoms with Crippen molar-refractivity contribution in [2.75, 3.05) is 25.5 Å². The molecule has 1 spiro atoms. The quantitative estimate of drug-likeness (QED) is 0.654. The van der Waals surface area contributed by atoms with Crippen molar-refractivity contribution < 1.29 is 24.2 Å². The SMILES string of the molecule is CNC(=O)[C@@H]1[C@@H]2CCC3(O2)C(C(=O)Nc2ccccc2Cl)N(CCO)C(=O)[C@H]13. The molecule has 2 bridgehead atoms. The summed E-state index contributed by atoms with van der Waals surface area (Å²) in [5.41, 5.74) is -0.639. The van der Waals surface area contributed by atoms with Crippen LogP contribution in [0.1, 0.15) is 12.8 Å². The molecule has 28 heavy (non-hydrogen) atoms. The number of nitrogens with one attached hydrogen (secondary N) is 2. The molecule has 4 rings (SSSR count). The molecule has 3 heterocycles. The number of nitrogens with zero attached hydrogens (tertiary/aromatic N) is 1. The average Bonchev–Trinajstić information content (AvgIpc) is 3.31. The second-order valence-electron chi connectivity index (χ2n) is 7.39. The van der Waals surface area contributed by atoms with Gasteiger partial charge in [-0.3, -0.25) is 14.4 Å². The van der Waals surface area contributed by atoms with Gasteiger partial charge in [-0.25, -0.2) is 0 Å². The van der Waals surface area contributed by atoms with Crippen LogP contribution in [0.5, 0.6) is 0 Å². The molecule has 0 aliphatic carbocycles. The maximum Gasteiger partial charge on any atom is 0.250 e. The second-order valence-corrected chi connectivity index (χ2v) is 7.80. The first-order chi connectivity index (χ1) is 13.4. The summed E-state index contributed by atoms with van der Waals surface area (Å²) >= 11 is 6.15. The van der Waals surface area contributed by atoms with Crippen molar-refractivity contribution in [2.24, 2.45) is 11.8 Å². The number of carbonyl (C=O) groups is 3. The molecule has 0 aromatic heterocycles. The summed E-state index contributed by atoms with van der Waals surface area (Å²) in [6.07, 6.45) is 0.718. The Kier molecular flexibility index (Phi) is 4.81. The molecule has 8 nitrogen and oxygen atoms in total. The lowest BCUT2D eigenvalue weighted by Crippen LogP contribution is -2.53. The predicted molar refractivity (Wildman–Crippen MR) is 101 cm³/mol. The first kappa shape index (κ1) is 19.2. The highest BCUT2D eigenvalue weighted by atomic mass is 35.5. The third kappa shape index (κ3) is 2.62. The lowest BCUT2D eigenvalue weighted by molar-refractivity contribution is -0.141. The molecule has 0 saturated carbocycles. The Morgan fingerprint density at radius 1 is 1.36 bits per heavy atom. The minimum absolute atomic E-state index is 0.00776. The highest BCUT2D eigenvalue weighted by Crippen LogP contribution is 2.58. The van der Waals surface area contributed by atoms with Crippen LogP contribution >= 0.6 is 11.6 Å². The van der Waals surface area contributed by atoms with E-state index in [9.17, 15) is 19.5 Å². The van der Waals surface area contributed by atoms with Crippen molar-refractivity contribution in [3.63, 3.8) is 0 Å².